The molecule has 0 N–H and O–H groups in total. The molecule has 0 bridgehead atoms. The summed E-state index contributed by atoms with van der Waals surface area (Å²) < 4.78 is 9.53. The van der Waals surface area contributed by atoms with Gasteiger partial charge in [0.2, 0.25) is 0 Å². The van der Waals surface area contributed by atoms with Crippen LogP contribution in [0.2, 0.25) is 0 Å². The minimum Gasteiger partial charge on any atom is -0.453 e. The maximum Gasteiger partial charge on any atom is 0.403 e. The summed E-state index contributed by atoms with van der Waals surface area (Å²) in [6.45, 7) is 8.31. The molecule has 0 spiro atoms. The third-order valence-corrected chi connectivity index (χ3v) is 1.87. The lowest BCUT2D eigenvalue weighted by atomic mass is 10.2. The van der Waals surface area contributed by atoms with Gasteiger partial charge in [0, 0.05) is 24.7 Å². The molecule has 0 amide bonds. The third-order valence-electron chi connectivity index (χ3n) is 1.76. The number of ether oxygens (including phenoxy) is 2. The number of hydrogen-bond donors (Lipinski definition) is 0. The van der Waals surface area contributed by atoms with Crippen LogP contribution in [-0.2, 0) is 9.47 Å². The van der Waals surface area contributed by atoms with E-state index in [9.17, 15) is 4.79 Å². The van der Waals surface area contributed by atoms with E-state index in [0.29, 0.717) is 12.5 Å². The Bertz CT molecular complexity index is 170. The van der Waals surface area contributed by atoms with Gasteiger partial charge in [0.05, 0.1) is 19.8 Å². The summed E-state index contributed by atoms with van der Waals surface area (Å²) in [6.07, 6.45) is 0. The first-order chi connectivity index (χ1) is 7.02. The number of hydrogen-bond acceptors (Lipinski definition) is 4. The van der Waals surface area contributed by atoms with Gasteiger partial charge in [-0.25, -0.2) is 4.79 Å². The summed E-state index contributed by atoms with van der Waals surface area (Å²) in [7, 11) is 2.11. The van der Waals surface area contributed by atoms with E-state index >= 15 is 0 Å². The van der Waals surface area contributed by atoms with Crippen LogP contribution < -0.4 is 0 Å². The summed E-state index contributed by atoms with van der Waals surface area (Å²) in [5.74, 6) is 0.359. The van der Waals surface area contributed by atoms with E-state index in [4.69, 9.17) is 16.3 Å². The summed E-state index contributed by atoms with van der Waals surface area (Å²) in [5, 5.41) is 0. The van der Waals surface area contributed by atoms with Gasteiger partial charge in [0.15, 0.2) is 0 Å². The topological polar surface area (TPSA) is 38.8 Å². The molecule has 0 radical (unpaired) electrons. The summed E-state index contributed by atoms with van der Waals surface area (Å²) in [4.78, 5) is 12.2. The molecule has 1 aliphatic rings. The highest BCUT2D eigenvalue weighted by molar-refractivity contribution is 6.61. The Labute approximate surface area is 96.5 Å². The van der Waals surface area contributed by atoms with Crippen LogP contribution in [0, 0.1) is 5.92 Å². The zero-order chi connectivity index (χ0) is 11.7. The SMILES string of the molecule is CC(C)COC(=O)Cl.CN1CCOCC1. The fraction of sp³-hybridized carbons (Fsp3) is 0.900. The summed E-state index contributed by atoms with van der Waals surface area (Å²) >= 11 is 4.86. The van der Waals surface area contributed by atoms with Gasteiger partial charge in [-0.15, -0.1) is 0 Å². The highest BCUT2D eigenvalue weighted by Crippen LogP contribution is 1.94. The standard InChI is InChI=1S/C5H9ClO2.C5H11NO/c1-4(2)3-8-5(6)7;1-6-2-4-7-5-3-6/h4H,3H2,1-2H3;2-5H2,1H3. The van der Waals surface area contributed by atoms with Crippen LogP contribution in [0.3, 0.4) is 0 Å². The predicted molar refractivity (Wildman–Crippen MR) is 60.4 cm³/mol. The smallest absolute Gasteiger partial charge is 0.403 e. The van der Waals surface area contributed by atoms with Crippen LogP contribution in [0.25, 0.3) is 0 Å². The van der Waals surface area contributed by atoms with Crippen molar-refractivity contribution < 1.29 is 14.3 Å². The van der Waals surface area contributed by atoms with Gasteiger partial charge in [-0.1, -0.05) is 13.8 Å². The predicted octanol–water partition coefficient (Wildman–Crippen LogP) is 1.97. The van der Waals surface area contributed by atoms with Crippen LogP contribution >= 0.6 is 11.6 Å². The number of halogens is 1. The Morgan fingerprint density at radius 3 is 2.20 bits per heavy atom. The van der Waals surface area contributed by atoms with E-state index in [1.165, 1.54) is 0 Å². The lowest BCUT2D eigenvalue weighted by Crippen LogP contribution is -2.32. The molecule has 0 aromatic carbocycles. The van der Waals surface area contributed by atoms with Crippen molar-refractivity contribution in [3.63, 3.8) is 0 Å². The molecule has 90 valence electrons. The Kier molecular flexibility index (Phi) is 8.76. The molecule has 1 heterocycles. The van der Waals surface area contributed by atoms with Crippen molar-refractivity contribution in [3.8, 4) is 0 Å². The average molecular weight is 238 g/mol. The van der Waals surface area contributed by atoms with Crippen molar-refractivity contribution in [1.29, 1.82) is 0 Å². The molecule has 0 aromatic rings. The van der Waals surface area contributed by atoms with Crippen LogP contribution in [0.5, 0.6) is 0 Å². The Balaban J connectivity index is 0.000000262. The van der Waals surface area contributed by atoms with Crippen molar-refractivity contribution >= 4 is 17.0 Å². The minimum atomic E-state index is -0.723. The van der Waals surface area contributed by atoms with Gasteiger partial charge >= 0.3 is 5.43 Å². The Hall–Kier alpha value is -0.320. The largest absolute Gasteiger partial charge is 0.453 e. The number of rotatable bonds is 2. The van der Waals surface area contributed by atoms with E-state index in [1.54, 1.807) is 0 Å². The Morgan fingerprint density at radius 2 is 2.00 bits per heavy atom. The van der Waals surface area contributed by atoms with Crippen molar-refractivity contribution in [3.05, 3.63) is 0 Å². The summed E-state index contributed by atoms with van der Waals surface area (Å²) in [6, 6.07) is 0. The molecule has 1 aliphatic heterocycles. The molecule has 0 aliphatic carbocycles. The van der Waals surface area contributed by atoms with E-state index in [0.717, 1.165) is 26.3 Å². The zero-order valence-corrected chi connectivity index (χ0v) is 10.4. The van der Waals surface area contributed by atoms with Crippen molar-refractivity contribution in [2.24, 2.45) is 5.92 Å². The maximum absolute atomic E-state index is 9.89. The van der Waals surface area contributed by atoms with E-state index < -0.39 is 5.43 Å². The normalized spacial score (nSPS) is 16.9. The molecular formula is C10H20ClNO3. The minimum absolute atomic E-state index is 0.359. The van der Waals surface area contributed by atoms with Gasteiger partial charge < -0.3 is 14.4 Å². The molecule has 0 unspecified atom stereocenters. The quantitative estimate of drug-likeness (QED) is 0.689. The van der Waals surface area contributed by atoms with Crippen LogP contribution in [0.15, 0.2) is 0 Å². The molecule has 5 heteroatoms. The number of nitrogens with zero attached hydrogens (tertiary/aromatic N) is 1. The molecule has 1 saturated heterocycles. The fourth-order valence-electron chi connectivity index (χ4n) is 0.887. The fourth-order valence-corrected chi connectivity index (χ4v) is 0.950. The van der Waals surface area contributed by atoms with E-state index in [2.05, 4.69) is 16.7 Å². The first-order valence-corrected chi connectivity index (χ1v) is 5.48. The number of likely N-dealkylation sites (N-methyl/N-ethyl adjacent to an activating group) is 1. The van der Waals surface area contributed by atoms with E-state index in [-0.39, 0.29) is 0 Å². The second-order valence-corrected chi connectivity index (χ2v) is 4.17. The molecule has 0 aromatic heterocycles. The van der Waals surface area contributed by atoms with Crippen LogP contribution in [0.4, 0.5) is 4.79 Å². The van der Waals surface area contributed by atoms with Crippen molar-refractivity contribution in [2.75, 3.05) is 40.0 Å². The molecule has 15 heavy (non-hydrogen) atoms. The molecule has 0 saturated carbocycles. The lowest BCUT2D eigenvalue weighted by molar-refractivity contribution is 0.0503. The van der Waals surface area contributed by atoms with Crippen molar-refractivity contribution in [1.82, 2.24) is 4.90 Å². The first-order valence-electron chi connectivity index (χ1n) is 5.11. The molecular weight excluding hydrogens is 218 g/mol. The molecule has 1 fully saturated rings. The maximum atomic E-state index is 9.89. The zero-order valence-electron chi connectivity index (χ0n) is 9.66. The monoisotopic (exact) mass is 237 g/mol. The van der Waals surface area contributed by atoms with Gasteiger partial charge in [-0.3, -0.25) is 0 Å². The Morgan fingerprint density at radius 1 is 1.47 bits per heavy atom. The van der Waals surface area contributed by atoms with Crippen LogP contribution in [0.1, 0.15) is 13.8 Å². The van der Waals surface area contributed by atoms with Crippen molar-refractivity contribution in [2.45, 2.75) is 13.8 Å². The average Bonchev–Trinajstić information content (AvgIpc) is 2.17. The lowest BCUT2D eigenvalue weighted by Gasteiger charge is -2.21. The van der Waals surface area contributed by atoms with E-state index in [1.807, 2.05) is 13.8 Å². The third kappa shape index (κ3) is 11.6. The van der Waals surface area contributed by atoms with Gasteiger partial charge in [-0.05, 0) is 13.0 Å². The number of carbonyl (C=O) groups excluding carboxylic acids is 1. The molecule has 0 atom stereocenters. The first kappa shape index (κ1) is 14.7. The van der Waals surface area contributed by atoms with Crippen LogP contribution in [-0.4, -0.2) is 50.3 Å². The van der Waals surface area contributed by atoms with Gasteiger partial charge in [-0.2, -0.15) is 0 Å². The van der Waals surface area contributed by atoms with Gasteiger partial charge in [0.25, 0.3) is 0 Å². The summed E-state index contributed by atoms with van der Waals surface area (Å²) in [5.41, 5.74) is -0.723. The number of morpholine rings is 1. The van der Waals surface area contributed by atoms with Gasteiger partial charge in [0.1, 0.15) is 0 Å². The second-order valence-electron chi connectivity index (χ2n) is 3.86. The second kappa shape index (κ2) is 8.95. The highest BCUT2D eigenvalue weighted by atomic mass is 35.5. The number of carbonyl (C=O) groups is 1. The molecule has 1 rings (SSSR count). The highest BCUT2D eigenvalue weighted by Gasteiger charge is 2.02. The molecule has 4 nitrogen and oxygen atoms in total.